The van der Waals surface area contributed by atoms with Crippen molar-refractivity contribution in [2.75, 3.05) is 20.6 Å². The topological polar surface area (TPSA) is 45.2 Å². The molecule has 2 heterocycles. The first-order chi connectivity index (χ1) is 9.61. The van der Waals surface area contributed by atoms with Crippen LogP contribution in [0, 0.1) is 6.92 Å². The zero-order valence-electron chi connectivity index (χ0n) is 12.2. The Labute approximate surface area is 118 Å². The molecule has 0 atom stereocenters. The molecule has 1 aromatic carbocycles. The molecule has 2 aromatic rings. The van der Waals surface area contributed by atoms with Crippen LogP contribution in [0.2, 0.25) is 0 Å². The summed E-state index contributed by atoms with van der Waals surface area (Å²) in [4.78, 5) is 19.4. The summed E-state index contributed by atoms with van der Waals surface area (Å²) in [6.07, 6.45) is 0.903. The van der Waals surface area contributed by atoms with Gasteiger partial charge in [-0.2, -0.15) is 0 Å². The number of carbonyl (C=O) groups excluding carboxylic acids is 1. The third kappa shape index (κ3) is 1.96. The summed E-state index contributed by atoms with van der Waals surface area (Å²) in [5.41, 5.74) is 5.02. The number of nitrogens with one attached hydrogen (secondary N) is 1. The van der Waals surface area contributed by atoms with E-state index in [1.165, 1.54) is 0 Å². The molecule has 1 amide bonds. The monoisotopic (exact) mass is 269 g/mol. The van der Waals surface area contributed by atoms with Crippen molar-refractivity contribution < 1.29 is 4.79 Å². The maximum Gasteiger partial charge on any atom is 0.252 e. The minimum atomic E-state index is -0.0189. The predicted molar refractivity (Wildman–Crippen MR) is 79.9 cm³/mol. The summed E-state index contributed by atoms with van der Waals surface area (Å²) in [6.45, 7) is 3.82. The molecule has 0 radical (unpaired) electrons. The maximum atomic E-state index is 12.4. The fourth-order valence-corrected chi connectivity index (χ4v) is 2.93. The first-order valence-electron chi connectivity index (χ1n) is 6.93. The fourth-order valence-electron chi connectivity index (χ4n) is 2.93. The summed E-state index contributed by atoms with van der Waals surface area (Å²) >= 11 is 0. The van der Waals surface area contributed by atoms with Crippen LogP contribution < -0.4 is 5.32 Å². The van der Waals surface area contributed by atoms with Crippen LogP contribution in [0.4, 0.5) is 0 Å². The number of likely N-dealkylation sites (N-methyl/N-ethyl adjacent to an activating group) is 1. The molecule has 1 aromatic heterocycles. The first kappa shape index (κ1) is 13.1. The third-order valence-electron chi connectivity index (χ3n) is 4.02. The average molecular weight is 269 g/mol. The molecule has 0 unspecified atom stereocenters. The second-order valence-corrected chi connectivity index (χ2v) is 5.45. The zero-order valence-corrected chi connectivity index (χ0v) is 12.2. The van der Waals surface area contributed by atoms with Crippen molar-refractivity contribution in [3.63, 3.8) is 0 Å². The molecule has 3 rings (SSSR count). The molecular formula is C16H19N3O. The van der Waals surface area contributed by atoms with Crippen molar-refractivity contribution in [3.05, 3.63) is 40.6 Å². The Morgan fingerprint density at radius 2 is 2.20 bits per heavy atom. The van der Waals surface area contributed by atoms with Gasteiger partial charge in [0.05, 0.1) is 11.1 Å². The van der Waals surface area contributed by atoms with E-state index in [1.54, 1.807) is 7.05 Å². The van der Waals surface area contributed by atoms with E-state index in [9.17, 15) is 4.79 Å². The Balaban J connectivity index is 2.37. The Bertz CT molecular complexity index is 694. The van der Waals surface area contributed by atoms with Gasteiger partial charge >= 0.3 is 0 Å². The lowest BCUT2D eigenvalue weighted by Crippen LogP contribution is -2.31. The van der Waals surface area contributed by atoms with Crippen LogP contribution in [0.3, 0.4) is 0 Å². The SMILES string of the molecule is CNC(=O)c1c2c(nc3c(C)cccc13)CCN(C)C2. The van der Waals surface area contributed by atoms with Crippen LogP contribution in [0.15, 0.2) is 18.2 Å². The summed E-state index contributed by atoms with van der Waals surface area (Å²) in [6, 6.07) is 6.03. The maximum absolute atomic E-state index is 12.4. The van der Waals surface area contributed by atoms with Crippen molar-refractivity contribution in [2.45, 2.75) is 19.9 Å². The number of aryl methyl sites for hydroxylation is 1. The lowest BCUT2D eigenvalue weighted by molar-refractivity contribution is 0.0962. The van der Waals surface area contributed by atoms with Crippen LogP contribution in [0.25, 0.3) is 10.9 Å². The number of amides is 1. The van der Waals surface area contributed by atoms with Gasteiger partial charge in [-0.15, -0.1) is 0 Å². The number of nitrogens with zero attached hydrogens (tertiary/aromatic N) is 2. The molecule has 1 N–H and O–H groups in total. The Kier molecular flexibility index (Phi) is 3.18. The van der Waals surface area contributed by atoms with Gasteiger partial charge in [-0.1, -0.05) is 18.2 Å². The summed E-state index contributed by atoms with van der Waals surface area (Å²) in [5, 5.41) is 3.73. The van der Waals surface area contributed by atoms with Crippen molar-refractivity contribution in [3.8, 4) is 0 Å². The zero-order chi connectivity index (χ0) is 14.3. The highest BCUT2D eigenvalue weighted by atomic mass is 16.1. The average Bonchev–Trinajstić information content (AvgIpc) is 2.45. The number of aromatic nitrogens is 1. The van der Waals surface area contributed by atoms with Crippen molar-refractivity contribution in [2.24, 2.45) is 0 Å². The second-order valence-electron chi connectivity index (χ2n) is 5.45. The molecule has 0 fully saturated rings. The van der Waals surface area contributed by atoms with E-state index in [4.69, 9.17) is 4.98 Å². The van der Waals surface area contributed by atoms with Gasteiger partial charge in [0.2, 0.25) is 0 Å². The molecule has 1 aliphatic rings. The standard InChI is InChI=1S/C16H19N3O/c1-10-5-4-6-11-14(16(20)17-2)12-9-19(3)8-7-13(12)18-15(10)11/h4-6H,7-9H2,1-3H3,(H,17,20). The van der Waals surface area contributed by atoms with Crippen LogP contribution in [-0.4, -0.2) is 36.4 Å². The Hall–Kier alpha value is -1.94. The molecule has 0 saturated heterocycles. The van der Waals surface area contributed by atoms with Gasteiger partial charge in [0.1, 0.15) is 0 Å². The van der Waals surface area contributed by atoms with Gasteiger partial charge in [0, 0.05) is 43.2 Å². The number of benzene rings is 1. The summed E-state index contributed by atoms with van der Waals surface area (Å²) in [5.74, 6) is -0.0189. The van der Waals surface area contributed by atoms with Crippen LogP contribution in [0.5, 0.6) is 0 Å². The van der Waals surface area contributed by atoms with Crippen molar-refractivity contribution in [1.82, 2.24) is 15.2 Å². The summed E-state index contributed by atoms with van der Waals surface area (Å²) < 4.78 is 0. The number of rotatable bonds is 1. The minimum absolute atomic E-state index is 0.0189. The largest absolute Gasteiger partial charge is 0.355 e. The smallest absolute Gasteiger partial charge is 0.252 e. The number of para-hydroxylation sites is 1. The highest BCUT2D eigenvalue weighted by Crippen LogP contribution is 2.29. The highest BCUT2D eigenvalue weighted by molar-refractivity contribution is 6.08. The number of carbonyl (C=O) groups is 1. The van der Waals surface area contributed by atoms with Gasteiger partial charge in [-0.05, 0) is 19.5 Å². The van der Waals surface area contributed by atoms with Gasteiger partial charge in [0.15, 0.2) is 0 Å². The predicted octanol–water partition coefficient (Wildman–Crippen LogP) is 1.89. The molecule has 0 bridgehead atoms. The van der Waals surface area contributed by atoms with E-state index in [-0.39, 0.29) is 5.91 Å². The molecular weight excluding hydrogens is 250 g/mol. The van der Waals surface area contributed by atoms with Gasteiger partial charge in [-0.3, -0.25) is 9.78 Å². The highest BCUT2D eigenvalue weighted by Gasteiger charge is 2.24. The van der Waals surface area contributed by atoms with Crippen LogP contribution in [-0.2, 0) is 13.0 Å². The lowest BCUT2D eigenvalue weighted by atomic mass is 9.94. The Morgan fingerprint density at radius 3 is 2.95 bits per heavy atom. The van der Waals surface area contributed by atoms with Gasteiger partial charge < -0.3 is 10.2 Å². The van der Waals surface area contributed by atoms with E-state index < -0.39 is 0 Å². The van der Waals surface area contributed by atoms with E-state index in [1.807, 2.05) is 25.1 Å². The number of hydrogen-bond acceptors (Lipinski definition) is 3. The third-order valence-corrected chi connectivity index (χ3v) is 4.02. The molecule has 104 valence electrons. The fraction of sp³-hybridized carbons (Fsp3) is 0.375. The second kappa shape index (κ2) is 4.87. The van der Waals surface area contributed by atoms with E-state index >= 15 is 0 Å². The van der Waals surface area contributed by atoms with Crippen molar-refractivity contribution in [1.29, 1.82) is 0 Å². The van der Waals surface area contributed by atoms with Crippen LogP contribution in [0.1, 0.15) is 27.2 Å². The summed E-state index contributed by atoms with van der Waals surface area (Å²) in [7, 11) is 3.76. The quantitative estimate of drug-likeness (QED) is 0.860. The van der Waals surface area contributed by atoms with E-state index in [2.05, 4.69) is 17.3 Å². The normalized spacial score (nSPS) is 15.2. The molecule has 1 aliphatic heterocycles. The number of pyridine rings is 1. The molecule has 4 nitrogen and oxygen atoms in total. The van der Waals surface area contributed by atoms with E-state index in [0.717, 1.165) is 52.8 Å². The molecule has 0 spiro atoms. The van der Waals surface area contributed by atoms with Gasteiger partial charge in [0.25, 0.3) is 5.91 Å². The van der Waals surface area contributed by atoms with Crippen molar-refractivity contribution >= 4 is 16.8 Å². The lowest BCUT2D eigenvalue weighted by Gasteiger charge is -2.27. The van der Waals surface area contributed by atoms with Gasteiger partial charge in [-0.25, -0.2) is 0 Å². The number of hydrogen-bond donors (Lipinski definition) is 1. The molecule has 4 heteroatoms. The molecule has 0 saturated carbocycles. The first-order valence-corrected chi connectivity index (χ1v) is 6.93. The minimum Gasteiger partial charge on any atom is -0.355 e. The van der Waals surface area contributed by atoms with E-state index in [0.29, 0.717) is 0 Å². The number of fused-ring (bicyclic) bond motifs is 2. The molecule has 0 aliphatic carbocycles. The Morgan fingerprint density at radius 1 is 1.40 bits per heavy atom. The molecule has 20 heavy (non-hydrogen) atoms. The van der Waals surface area contributed by atoms with Crippen LogP contribution >= 0.6 is 0 Å².